The van der Waals surface area contributed by atoms with Gasteiger partial charge in [-0.05, 0) is 26.0 Å². The summed E-state index contributed by atoms with van der Waals surface area (Å²) < 4.78 is 15.5. The van der Waals surface area contributed by atoms with E-state index in [1.165, 1.54) is 0 Å². The van der Waals surface area contributed by atoms with Crippen LogP contribution in [-0.4, -0.2) is 26.8 Å². The molecule has 0 fully saturated rings. The highest BCUT2D eigenvalue weighted by Crippen LogP contribution is 2.29. The Kier molecular flexibility index (Phi) is 5.24. The first-order valence-corrected chi connectivity index (χ1v) is 5.65. The average molecular weight is 250 g/mol. The summed E-state index contributed by atoms with van der Waals surface area (Å²) in [6.07, 6.45) is 3.59. The first-order valence-electron chi connectivity index (χ1n) is 5.65. The fraction of sp³-hybridized carbons (Fsp3) is 0.357. The van der Waals surface area contributed by atoms with Crippen molar-refractivity contribution in [1.29, 1.82) is 0 Å². The molecule has 0 heterocycles. The van der Waals surface area contributed by atoms with E-state index >= 15 is 0 Å². The maximum Gasteiger partial charge on any atom is 0.338 e. The Hall–Kier alpha value is -1.97. The Bertz CT molecular complexity index is 424. The zero-order valence-corrected chi connectivity index (χ0v) is 11.1. The number of hydrogen-bond donors (Lipinski definition) is 0. The summed E-state index contributed by atoms with van der Waals surface area (Å²) in [7, 11) is 3.10. The fourth-order valence-electron chi connectivity index (χ4n) is 1.51. The van der Waals surface area contributed by atoms with Crippen molar-refractivity contribution in [1.82, 2.24) is 0 Å². The molecule has 0 aromatic heterocycles. The molecule has 1 aromatic rings. The monoisotopic (exact) mass is 250 g/mol. The molecule has 1 aromatic carbocycles. The van der Waals surface area contributed by atoms with Gasteiger partial charge in [-0.15, -0.1) is 0 Å². The van der Waals surface area contributed by atoms with E-state index in [9.17, 15) is 4.79 Å². The van der Waals surface area contributed by atoms with Gasteiger partial charge in [0.2, 0.25) is 0 Å². The number of hydrogen-bond acceptors (Lipinski definition) is 4. The Morgan fingerprint density at radius 1 is 1.22 bits per heavy atom. The Labute approximate surface area is 107 Å². The van der Waals surface area contributed by atoms with Crippen LogP contribution < -0.4 is 9.47 Å². The largest absolute Gasteiger partial charge is 0.496 e. The molecule has 0 saturated heterocycles. The molecule has 98 valence electrons. The quantitative estimate of drug-likeness (QED) is 0.595. The summed E-state index contributed by atoms with van der Waals surface area (Å²) in [5.41, 5.74) is 1.27. The number of carbonyl (C=O) groups excluding carboxylic acids is 1. The average Bonchev–Trinajstić information content (AvgIpc) is 2.39. The Morgan fingerprint density at radius 3 is 2.22 bits per heavy atom. The van der Waals surface area contributed by atoms with Crippen molar-refractivity contribution in [3.05, 3.63) is 35.4 Å². The second-order valence-corrected chi connectivity index (χ2v) is 3.67. The van der Waals surface area contributed by atoms with Crippen LogP contribution >= 0.6 is 0 Å². The lowest BCUT2D eigenvalue weighted by Crippen LogP contribution is -2.06. The van der Waals surface area contributed by atoms with Crippen LogP contribution in [0.15, 0.2) is 24.3 Å². The standard InChI is InChI=1S/C14H18O4/c1-5-6-7-18-14(15)11-8-12(16-3)10(2)13(9-11)17-4/h5-6,8-9H,7H2,1-4H3/b6-5+. The van der Waals surface area contributed by atoms with Gasteiger partial charge in [0.15, 0.2) is 0 Å². The zero-order valence-electron chi connectivity index (χ0n) is 11.1. The summed E-state index contributed by atoms with van der Waals surface area (Å²) in [6.45, 7) is 3.99. The summed E-state index contributed by atoms with van der Waals surface area (Å²) in [5.74, 6) is 0.810. The molecule has 0 spiro atoms. The summed E-state index contributed by atoms with van der Waals surface area (Å²) in [4.78, 5) is 11.8. The van der Waals surface area contributed by atoms with Gasteiger partial charge < -0.3 is 14.2 Å². The van der Waals surface area contributed by atoms with Crippen LogP contribution in [0.4, 0.5) is 0 Å². The van der Waals surface area contributed by atoms with Crippen molar-refractivity contribution in [2.75, 3.05) is 20.8 Å². The molecule has 0 aliphatic heterocycles. The third-order valence-electron chi connectivity index (χ3n) is 2.53. The number of carbonyl (C=O) groups is 1. The third-order valence-corrected chi connectivity index (χ3v) is 2.53. The van der Waals surface area contributed by atoms with Crippen molar-refractivity contribution < 1.29 is 19.0 Å². The normalized spacial score (nSPS) is 10.4. The molecule has 0 unspecified atom stereocenters. The van der Waals surface area contributed by atoms with E-state index in [0.29, 0.717) is 17.1 Å². The molecule has 4 nitrogen and oxygen atoms in total. The van der Waals surface area contributed by atoms with Crippen LogP contribution in [0, 0.1) is 6.92 Å². The first-order chi connectivity index (χ1) is 8.63. The molecule has 0 atom stereocenters. The summed E-state index contributed by atoms with van der Waals surface area (Å²) in [5, 5.41) is 0. The van der Waals surface area contributed by atoms with Gasteiger partial charge >= 0.3 is 5.97 Å². The van der Waals surface area contributed by atoms with Crippen molar-refractivity contribution >= 4 is 5.97 Å². The highest BCUT2D eigenvalue weighted by atomic mass is 16.5. The van der Waals surface area contributed by atoms with Gasteiger partial charge in [-0.1, -0.05) is 12.2 Å². The van der Waals surface area contributed by atoms with Gasteiger partial charge in [0.25, 0.3) is 0 Å². The highest BCUT2D eigenvalue weighted by Gasteiger charge is 2.14. The van der Waals surface area contributed by atoms with Crippen LogP contribution in [-0.2, 0) is 4.74 Å². The van der Waals surface area contributed by atoms with Crippen LogP contribution in [0.3, 0.4) is 0 Å². The van der Waals surface area contributed by atoms with Gasteiger partial charge in [-0.25, -0.2) is 4.79 Å². The molecular formula is C14H18O4. The van der Waals surface area contributed by atoms with Crippen molar-refractivity contribution in [3.63, 3.8) is 0 Å². The van der Waals surface area contributed by atoms with Crippen molar-refractivity contribution in [2.24, 2.45) is 0 Å². The zero-order chi connectivity index (χ0) is 13.5. The molecular weight excluding hydrogens is 232 g/mol. The molecule has 0 aliphatic carbocycles. The molecule has 0 radical (unpaired) electrons. The number of esters is 1. The summed E-state index contributed by atoms with van der Waals surface area (Å²) >= 11 is 0. The molecule has 18 heavy (non-hydrogen) atoms. The number of benzene rings is 1. The molecule has 4 heteroatoms. The minimum atomic E-state index is -0.398. The highest BCUT2D eigenvalue weighted by molar-refractivity contribution is 5.90. The van der Waals surface area contributed by atoms with E-state index in [4.69, 9.17) is 14.2 Å². The lowest BCUT2D eigenvalue weighted by atomic mass is 10.1. The van der Waals surface area contributed by atoms with E-state index in [1.807, 2.05) is 19.9 Å². The van der Waals surface area contributed by atoms with Crippen molar-refractivity contribution in [3.8, 4) is 11.5 Å². The summed E-state index contributed by atoms with van der Waals surface area (Å²) in [6, 6.07) is 3.30. The van der Waals surface area contributed by atoms with Gasteiger partial charge in [-0.3, -0.25) is 0 Å². The molecule has 0 N–H and O–H groups in total. The SMILES string of the molecule is C/C=C/COC(=O)c1cc(OC)c(C)c(OC)c1. The Morgan fingerprint density at radius 2 is 1.78 bits per heavy atom. The smallest absolute Gasteiger partial charge is 0.338 e. The fourth-order valence-corrected chi connectivity index (χ4v) is 1.51. The van der Waals surface area contributed by atoms with E-state index < -0.39 is 5.97 Å². The topological polar surface area (TPSA) is 44.8 Å². The van der Waals surface area contributed by atoms with E-state index in [0.717, 1.165) is 5.56 Å². The molecule has 0 saturated carbocycles. The maximum atomic E-state index is 11.8. The number of rotatable bonds is 5. The van der Waals surface area contributed by atoms with Crippen molar-refractivity contribution in [2.45, 2.75) is 13.8 Å². The second kappa shape index (κ2) is 6.69. The van der Waals surface area contributed by atoms with Gasteiger partial charge in [0.05, 0.1) is 19.8 Å². The third kappa shape index (κ3) is 3.26. The lowest BCUT2D eigenvalue weighted by molar-refractivity contribution is 0.0548. The lowest BCUT2D eigenvalue weighted by Gasteiger charge is -2.11. The minimum Gasteiger partial charge on any atom is -0.496 e. The van der Waals surface area contributed by atoms with Crippen LogP contribution in [0.2, 0.25) is 0 Å². The van der Waals surface area contributed by atoms with Crippen LogP contribution in [0.5, 0.6) is 11.5 Å². The molecule has 0 bridgehead atoms. The van der Waals surface area contributed by atoms with Gasteiger partial charge in [-0.2, -0.15) is 0 Å². The van der Waals surface area contributed by atoms with Gasteiger partial charge in [0, 0.05) is 5.56 Å². The predicted molar refractivity (Wildman–Crippen MR) is 69.4 cm³/mol. The van der Waals surface area contributed by atoms with E-state index in [2.05, 4.69) is 0 Å². The maximum absolute atomic E-state index is 11.8. The Balaban J connectivity index is 2.98. The number of allylic oxidation sites excluding steroid dienone is 1. The van der Waals surface area contributed by atoms with E-state index in [-0.39, 0.29) is 6.61 Å². The molecule has 0 amide bonds. The molecule has 1 rings (SSSR count). The second-order valence-electron chi connectivity index (χ2n) is 3.67. The van der Waals surface area contributed by atoms with Gasteiger partial charge in [0.1, 0.15) is 18.1 Å². The number of methoxy groups -OCH3 is 2. The first kappa shape index (κ1) is 14.1. The number of ether oxygens (including phenoxy) is 3. The minimum absolute atomic E-state index is 0.258. The molecule has 0 aliphatic rings. The van der Waals surface area contributed by atoms with Crippen LogP contribution in [0.25, 0.3) is 0 Å². The van der Waals surface area contributed by atoms with Crippen LogP contribution in [0.1, 0.15) is 22.8 Å². The predicted octanol–water partition coefficient (Wildman–Crippen LogP) is 2.75. The van der Waals surface area contributed by atoms with E-state index in [1.54, 1.807) is 32.4 Å².